The van der Waals surface area contributed by atoms with E-state index >= 15 is 0 Å². The van der Waals surface area contributed by atoms with E-state index in [1.165, 1.54) is 25.0 Å². The van der Waals surface area contributed by atoms with Gasteiger partial charge in [-0.25, -0.2) is 9.18 Å². The zero-order valence-electron chi connectivity index (χ0n) is 14.0. The largest absolute Gasteiger partial charge is 0.449 e. The Morgan fingerprint density at radius 1 is 1.21 bits per heavy atom. The van der Waals surface area contributed by atoms with Crippen LogP contribution in [0.4, 0.5) is 4.39 Å². The molecule has 1 aliphatic rings. The highest BCUT2D eigenvalue weighted by molar-refractivity contribution is 5.90. The van der Waals surface area contributed by atoms with Crippen LogP contribution in [0.25, 0.3) is 6.08 Å². The summed E-state index contributed by atoms with van der Waals surface area (Å²) in [6, 6.07) is 6.28. The van der Waals surface area contributed by atoms with Crippen molar-refractivity contribution >= 4 is 18.0 Å². The number of hydrogen-bond donors (Lipinski definition) is 1. The molecule has 5 heteroatoms. The minimum atomic E-state index is -0.869. The second-order valence-corrected chi connectivity index (χ2v) is 6.13. The summed E-state index contributed by atoms with van der Waals surface area (Å²) < 4.78 is 18.5. The summed E-state index contributed by atoms with van der Waals surface area (Å²) in [4.78, 5) is 23.9. The first kappa shape index (κ1) is 18.2. The van der Waals surface area contributed by atoms with Crippen molar-refractivity contribution in [1.29, 1.82) is 0 Å². The highest BCUT2D eigenvalue weighted by Crippen LogP contribution is 2.17. The van der Waals surface area contributed by atoms with Crippen molar-refractivity contribution in [3.8, 4) is 0 Å². The summed E-state index contributed by atoms with van der Waals surface area (Å²) in [7, 11) is 0. The molecule has 1 aromatic carbocycles. The molecular formula is C19H24FNO3. The number of carbonyl (C=O) groups excluding carboxylic acids is 2. The van der Waals surface area contributed by atoms with Crippen molar-refractivity contribution in [3.63, 3.8) is 0 Å². The Labute approximate surface area is 142 Å². The molecule has 0 spiro atoms. The third-order valence-electron chi connectivity index (χ3n) is 4.17. The maximum atomic E-state index is 13.5. The first-order valence-electron chi connectivity index (χ1n) is 8.50. The molecule has 1 aliphatic carbocycles. The van der Waals surface area contributed by atoms with Crippen LogP contribution in [0.1, 0.15) is 51.0 Å². The van der Waals surface area contributed by atoms with Crippen LogP contribution in [0, 0.1) is 5.82 Å². The maximum absolute atomic E-state index is 13.5. The number of hydrogen-bond acceptors (Lipinski definition) is 3. The predicted octanol–water partition coefficient (Wildman–Crippen LogP) is 3.61. The van der Waals surface area contributed by atoms with Crippen LogP contribution in [0.2, 0.25) is 0 Å². The van der Waals surface area contributed by atoms with Gasteiger partial charge in [-0.1, -0.05) is 43.9 Å². The van der Waals surface area contributed by atoms with Crippen molar-refractivity contribution < 1.29 is 18.7 Å². The van der Waals surface area contributed by atoms with Gasteiger partial charge in [-0.2, -0.15) is 0 Å². The van der Waals surface area contributed by atoms with E-state index in [1.807, 2.05) is 0 Å². The Hall–Kier alpha value is -2.17. The molecule has 0 heterocycles. The zero-order valence-corrected chi connectivity index (χ0v) is 14.0. The first-order valence-corrected chi connectivity index (χ1v) is 8.50. The van der Waals surface area contributed by atoms with Gasteiger partial charge in [-0.05, 0) is 31.9 Å². The third-order valence-corrected chi connectivity index (χ3v) is 4.17. The molecule has 1 aromatic rings. The van der Waals surface area contributed by atoms with Crippen molar-refractivity contribution in [2.75, 3.05) is 0 Å². The number of halogens is 1. The number of esters is 1. The number of rotatable bonds is 5. The SMILES string of the molecule is C[C@@H](OC(=O)/C=C/c1ccccc1F)C(=O)NC1CCCCCC1. The fraction of sp³-hybridized carbons (Fsp3) is 0.474. The van der Waals surface area contributed by atoms with Crippen LogP contribution >= 0.6 is 0 Å². The van der Waals surface area contributed by atoms with Gasteiger partial charge in [0, 0.05) is 17.7 Å². The Morgan fingerprint density at radius 3 is 2.54 bits per heavy atom. The molecule has 1 amide bonds. The molecule has 1 fully saturated rings. The van der Waals surface area contributed by atoms with E-state index < -0.39 is 17.9 Å². The van der Waals surface area contributed by atoms with E-state index in [0.29, 0.717) is 5.56 Å². The van der Waals surface area contributed by atoms with E-state index in [-0.39, 0.29) is 11.9 Å². The molecular weight excluding hydrogens is 309 g/mol. The zero-order chi connectivity index (χ0) is 17.4. The summed E-state index contributed by atoms with van der Waals surface area (Å²) in [5.41, 5.74) is 0.296. The lowest BCUT2D eigenvalue weighted by Gasteiger charge is -2.19. The topological polar surface area (TPSA) is 55.4 Å². The lowest BCUT2D eigenvalue weighted by atomic mass is 10.1. The smallest absolute Gasteiger partial charge is 0.331 e. The molecule has 1 saturated carbocycles. The van der Waals surface area contributed by atoms with E-state index in [0.717, 1.165) is 31.8 Å². The number of benzene rings is 1. The van der Waals surface area contributed by atoms with Crippen LogP contribution in [-0.4, -0.2) is 24.0 Å². The van der Waals surface area contributed by atoms with E-state index in [1.54, 1.807) is 25.1 Å². The average Bonchev–Trinajstić information content (AvgIpc) is 2.82. The van der Waals surface area contributed by atoms with Gasteiger partial charge >= 0.3 is 5.97 Å². The van der Waals surface area contributed by atoms with Crippen LogP contribution < -0.4 is 5.32 Å². The van der Waals surface area contributed by atoms with Crippen LogP contribution in [-0.2, 0) is 14.3 Å². The summed E-state index contributed by atoms with van der Waals surface area (Å²) in [6.45, 7) is 1.54. The van der Waals surface area contributed by atoms with Gasteiger partial charge in [0.25, 0.3) is 5.91 Å². The van der Waals surface area contributed by atoms with Crippen LogP contribution in [0.5, 0.6) is 0 Å². The molecule has 1 atom stereocenters. The van der Waals surface area contributed by atoms with Crippen molar-refractivity contribution in [1.82, 2.24) is 5.32 Å². The highest BCUT2D eigenvalue weighted by atomic mass is 19.1. The molecule has 2 rings (SSSR count). The monoisotopic (exact) mass is 333 g/mol. The standard InChI is InChI=1S/C19H24FNO3/c1-14(19(23)21-16-9-4-2-3-5-10-16)24-18(22)13-12-15-8-6-7-11-17(15)20/h6-8,11-14,16H,2-5,9-10H2,1H3,(H,21,23)/b13-12+/t14-/m1/s1. The third kappa shape index (κ3) is 5.80. The lowest BCUT2D eigenvalue weighted by Crippen LogP contribution is -2.41. The molecule has 0 aromatic heterocycles. The fourth-order valence-electron chi connectivity index (χ4n) is 2.78. The number of nitrogens with one attached hydrogen (secondary N) is 1. The highest BCUT2D eigenvalue weighted by Gasteiger charge is 2.21. The van der Waals surface area contributed by atoms with Crippen LogP contribution in [0.3, 0.4) is 0 Å². The average molecular weight is 333 g/mol. The molecule has 0 aliphatic heterocycles. The van der Waals surface area contributed by atoms with E-state index in [2.05, 4.69) is 5.32 Å². The Balaban J connectivity index is 1.82. The lowest BCUT2D eigenvalue weighted by molar-refractivity contribution is -0.150. The molecule has 130 valence electrons. The van der Waals surface area contributed by atoms with E-state index in [9.17, 15) is 14.0 Å². The minimum Gasteiger partial charge on any atom is -0.449 e. The van der Waals surface area contributed by atoms with Gasteiger partial charge in [0.15, 0.2) is 6.10 Å². The predicted molar refractivity (Wildman–Crippen MR) is 90.6 cm³/mol. The van der Waals surface area contributed by atoms with Crippen molar-refractivity contribution in [2.45, 2.75) is 57.6 Å². The molecule has 0 bridgehead atoms. The van der Waals surface area contributed by atoms with Gasteiger partial charge in [-0.3, -0.25) is 4.79 Å². The van der Waals surface area contributed by atoms with Crippen LogP contribution in [0.15, 0.2) is 30.3 Å². The molecule has 0 radical (unpaired) electrons. The minimum absolute atomic E-state index is 0.162. The molecule has 1 N–H and O–H groups in total. The van der Waals surface area contributed by atoms with Gasteiger partial charge in [-0.15, -0.1) is 0 Å². The quantitative estimate of drug-likeness (QED) is 0.509. The van der Waals surface area contributed by atoms with Gasteiger partial charge in [0.1, 0.15) is 5.82 Å². The molecule has 4 nitrogen and oxygen atoms in total. The van der Waals surface area contributed by atoms with Gasteiger partial charge in [0.2, 0.25) is 0 Å². The second kappa shape index (κ2) is 9.21. The Bertz CT molecular complexity index is 592. The van der Waals surface area contributed by atoms with Gasteiger partial charge in [0.05, 0.1) is 0 Å². The number of ether oxygens (including phenoxy) is 1. The number of carbonyl (C=O) groups is 2. The normalized spacial score (nSPS) is 17.2. The van der Waals surface area contributed by atoms with Crippen molar-refractivity contribution in [2.24, 2.45) is 0 Å². The summed E-state index contributed by atoms with van der Waals surface area (Å²) in [5, 5.41) is 2.95. The Kier molecular flexibility index (Phi) is 6.97. The number of amides is 1. The summed E-state index contributed by atoms with van der Waals surface area (Å²) in [6.07, 6.45) is 8.19. The second-order valence-electron chi connectivity index (χ2n) is 6.13. The van der Waals surface area contributed by atoms with Gasteiger partial charge < -0.3 is 10.1 Å². The molecule has 0 unspecified atom stereocenters. The molecule has 24 heavy (non-hydrogen) atoms. The maximum Gasteiger partial charge on any atom is 0.331 e. The fourth-order valence-corrected chi connectivity index (χ4v) is 2.78. The Morgan fingerprint density at radius 2 is 1.88 bits per heavy atom. The van der Waals surface area contributed by atoms with E-state index in [4.69, 9.17) is 4.74 Å². The van der Waals surface area contributed by atoms with Crippen molar-refractivity contribution in [3.05, 3.63) is 41.7 Å². The molecule has 0 saturated heterocycles. The summed E-state index contributed by atoms with van der Waals surface area (Å²) >= 11 is 0. The summed E-state index contributed by atoms with van der Waals surface area (Å²) in [5.74, 6) is -1.36. The first-order chi connectivity index (χ1) is 11.6.